The van der Waals surface area contributed by atoms with E-state index in [1.54, 1.807) is 12.3 Å². The van der Waals surface area contributed by atoms with Crippen molar-refractivity contribution in [3.63, 3.8) is 0 Å². The number of nitriles is 1. The normalized spacial score (nSPS) is 25.3. The molecule has 1 N–H and O–H groups in total. The quantitative estimate of drug-likeness (QED) is 0.737. The van der Waals surface area contributed by atoms with Crippen LogP contribution in [0.3, 0.4) is 0 Å². The number of hydrogen-bond donors (Lipinski definition) is 1. The van der Waals surface area contributed by atoms with Crippen molar-refractivity contribution in [3.8, 4) is 6.07 Å². The Kier molecular flexibility index (Phi) is 2.33. The van der Waals surface area contributed by atoms with Gasteiger partial charge in [-0.15, -0.1) is 0 Å². The maximum absolute atomic E-state index is 9.83. The second-order valence-electron chi connectivity index (χ2n) is 4.18. The summed E-state index contributed by atoms with van der Waals surface area (Å²) < 4.78 is 0. The summed E-state index contributed by atoms with van der Waals surface area (Å²) in [5.41, 5.74) is 0.758. The molecule has 1 aliphatic heterocycles. The van der Waals surface area contributed by atoms with Crippen LogP contribution in [0.2, 0.25) is 0 Å². The van der Waals surface area contributed by atoms with Crippen molar-refractivity contribution in [2.45, 2.75) is 18.9 Å². The van der Waals surface area contributed by atoms with E-state index in [9.17, 15) is 5.11 Å². The standard InChI is InChI=1S/C11H13N3O/c1-11(15)3-5-14(8-11)10-2-4-13-9(6-10)7-12/h2,4,6,15H,3,5,8H2,1H3. The molecule has 0 aliphatic carbocycles. The highest BCUT2D eigenvalue weighted by Gasteiger charge is 2.31. The molecule has 2 rings (SSSR count). The molecule has 0 bridgehead atoms. The first-order valence-electron chi connectivity index (χ1n) is 4.94. The number of pyridine rings is 1. The topological polar surface area (TPSA) is 60.1 Å². The van der Waals surface area contributed by atoms with Crippen molar-refractivity contribution < 1.29 is 5.11 Å². The highest BCUT2D eigenvalue weighted by Crippen LogP contribution is 2.26. The second kappa shape index (κ2) is 3.52. The third-order valence-corrected chi connectivity index (χ3v) is 2.68. The van der Waals surface area contributed by atoms with E-state index < -0.39 is 5.60 Å². The number of rotatable bonds is 1. The van der Waals surface area contributed by atoms with Crippen LogP contribution >= 0.6 is 0 Å². The van der Waals surface area contributed by atoms with Crippen LogP contribution in [0.5, 0.6) is 0 Å². The van der Waals surface area contributed by atoms with Gasteiger partial charge in [-0.1, -0.05) is 0 Å². The van der Waals surface area contributed by atoms with Crippen LogP contribution in [0, 0.1) is 11.3 Å². The Hall–Kier alpha value is -1.60. The molecule has 4 nitrogen and oxygen atoms in total. The van der Waals surface area contributed by atoms with Crippen LogP contribution in [-0.4, -0.2) is 28.8 Å². The molecule has 0 amide bonds. The molecule has 1 aliphatic rings. The Morgan fingerprint density at radius 3 is 3.07 bits per heavy atom. The fraction of sp³-hybridized carbons (Fsp3) is 0.455. The van der Waals surface area contributed by atoms with Crippen molar-refractivity contribution in [1.82, 2.24) is 4.98 Å². The van der Waals surface area contributed by atoms with Crippen LogP contribution in [0.25, 0.3) is 0 Å². The minimum Gasteiger partial charge on any atom is -0.388 e. The molecule has 0 radical (unpaired) electrons. The summed E-state index contributed by atoms with van der Waals surface area (Å²) in [5.74, 6) is 0. The average Bonchev–Trinajstić information content (AvgIpc) is 2.59. The lowest BCUT2D eigenvalue weighted by Crippen LogP contribution is -2.29. The smallest absolute Gasteiger partial charge is 0.142 e. The fourth-order valence-electron chi connectivity index (χ4n) is 1.84. The van der Waals surface area contributed by atoms with Gasteiger partial charge in [0, 0.05) is 25.0 Å². The molecule has 1 unspecified atom stereocenters. The monoisotopic (exact) mass is 203 g/mol. The van der Waals surface area contributed by atoms with Gasteiger partial charge >= 0.3 is 0 Å². The van der Waals surface area contributed by atoms with E-state index in [1.807, 2.05) is 19.1 Å². The zero-order chi connectivity index (χ0) is 10.9. The van der Waals surface area contributed by atoms with E-state index >= 15 is 0 Å². The highest BCUT2D eigenvalue weighted by atomic mass is 16.3. The summed E-state index contributed by atoms with van der Waals surface area (Å²) >= 11 is 0. The van der Waals surface area contributed by atoms with E-state index in [4.69, 9.17) is 5.26 Å². The van der Waals surface area contributed by atoms with Crippen molar-refractivity contribution in [3.05, 3.63) is 24.0 Å². The molecular weight excluding hydrogens is 190 g/mol. The highest BCUT2D eigenvalue weighted by molar-refractivity contribution is 5.50. The lowest BCUT2D eigenvalue weighted by molar-refractivity contribution is 0.0839. The van der Waals surface area contributed by atoms with Gasteiger partial charge in [-0.2, -0.15) is 5.26 Å². The summed E-state index contributed by atoms with van der Waals surface area (Å²) in [7, 11) is 0. The summed E-state index contributed by atoms with van der Waals surface area (Å²) in [4.78, 5) is 5.99. The number of nitrogens with zero attached hydrogens (tertiary/aromatic N) is 3. The van der Waals surface area contributed by atoms with E-state index in [-0.39, 0.29) is 0 Å². The molecule has 1 saturated heterocycles. The first kappa shape index (κ1) is 9.94. The van der Waals surface area contributed by atoms with E-state index in [2.05, 4.69) is 9.88 Å². The van der Waals surface area contributed by atoms with Gasteiger partial charge in [0.2, 0.25) is 0 Å². The largest absolute Gasteiger partial charge is 0.388 e. The van der Waals surface area contributed by atoms with Gasteiger partial charge in [0.15, 0.2) is 0 Å². The Morgan fingerprint density at radius 1 is 1.67 bits per heavy atom. The van der Waals surface area contributed by atoms with Gasteiger partial charge in [0.1, 0.15) is 11.8 Å². The molecule has 0 spiro atoms. The van der Waals surface area contributed by atoms with Gasteiger partial charge in [-0.25, -0.2) is 4.98 Å². The van der Waals surface area contributed by atoms with Gasteiger partial charge in [0.25, 0.3) is 0 Å². The molecule has 15 heavy (non-hydrogen) atoms. The molecule has 4 heteroatoms. The van der Waals surface area contributed by atoms with Crippen LogP contribution in [0.1, 0.15) is 19.0 Å². The van der Waals surface area contributed by atoms with E-state index in [0.717, 1.165) is 18.7 Å². The molecule has 1 atom stereocenters. The molecule has 2 heterocycles. The van der Waals surface area contributed by atoms with Gasteiger partial charge in [-0.05, 0) is 25.5 Å². The number of anilines is 1. The Labute approximate surface area is 88.8 Å². The molecule has 1 aromatic heterocycles. The molecule has 0 saturated carbocycles. The first-order chi connectivity index (χ1) is 7.11. The summed E-state index contributed by atoms with van der Waals surface area (Å²) in [5, 5.41) is 18.6. The maximum atomic E-state index is 9.83. The fourth-order valence-corrected chi connectivity index (χ4v) is 1.84. The average molecular weight is 203 g/mol. The van der Waals surface area contributed by atoms with Crippen molar-refractivity contribution in [2.24, 2.45) is 0 Å². The summed E-state index contributed by atoms with van der Waals surface area (Å²) in [6, 6.07) is 5.63. The number of aromatic nitrogens is 1. The predicted molar refractivity (Wildman–Crippen MR) is 56.4 cm³/mol. The number of β-amino-alcohol motifs (C(OH)–C–C–N with tert-alkyl or cyclic N) is 1. The first-order valence-corrected chi connectivity index (χ1v) is 4.94. The number of aliphatic hydroxyl groups is 1. The molecule has 0 aromatic carbocycles. The van der Waals surface area contributed by atoms with Crippen molar-refractivity contribution in [2.75, 3.05) is 18.0 Å². The summed E-state index contributed by atoms with van der Waals surface area (Å²) in [6.45, 7) is 3.27. The van der Waals surface area contributed by atoms with Crippen molar-refractivity contribution in [1.29, 1.82) is 5.26 Å². The van der Waals surface area contributed by atoms with Crippen LogP contribution in [-0.2, 0) is 0 Å². The van der Waals surface area contributed by atoms with E-state index in [1.165, 1.54) is 0 Å². The van der Waals surface area contributed by atoms with Gasteiger partial charge in [-0.3, -0.25) is 0 Å². The SMILES string of the molecule is CC1(O)CCN(c2ccnc(C#N)c2)C1. The van der Waals surface area contributed by atoms with Crippen LogP contribution < -0.4 is 4.90 Å². The van der Waals surface area contributed by atoms with Crippen molar-refractivity contribution >= 4 is 5.69 Å². The van der Waals surface area contributed by atoms with Crippen LogP contribution in [0.4, 0.5) is 5.69 Å². The predicted octanol–water partition coefficient (Wildman–Crippen LogP) is 0.914. The lowest BCUT2D eigenvalue weighted by Gasteiger charge is -2.20. The zero-order valence-electron chi connectivity index (χ0n) is 8.64. The lowest BCUT2D eigenvalue weighted by atomic mass is 10.1. The maximum Gasteiger partial charge on any atom is 0.142 e. The Balaban J connectivity index is 2.21. The van der Waals surface area contributed by atoms with Crippen LogP contribution in [0.15, 0.2) is 18.3 Å². The third kappa shape index (κ3) is 2.08. The van der Waals surface area contributed by atoms with Gasteiger partial charge in [0.05, 0.1) is 5.60 Å². The Morgan fingerprint density at radius 2 is 2.47 bits per heavy atom. The number of hydrogen-bond acceptors (Lipinski definition) is 4. The Bertz CT molecular complexity index is 409. The molecule has 78 valence electrons. The molecular formula is C11H13N3O. The zero-order valence-corrected chi connectivity index (χ0v) is 8.64. The third-order valence-electron chi connectivity index (χ3n) is 2.68. The molecule has 1 fully saturated rings. The molecule has 1 aromatic rings. The van der Waals surface area contributed by atoms with E-state index in [0.29, 0.717) is 12.2 Å². The summed E-state index contributed by atoms with van der Waals surface area (Å²) in [6.07, 6.45) is 2.39. The van der Waals surface area contributed by atoms with Gasteiger partial charge < -0.3 is 10.0 Å². The minimum atomic E-state index is -0.615. The second-order valence-corrected chi connectivity index (χ2v) is 4.18. The minimum absolute atomic E-state index is 0.416.